The Kier molecular flexibility index (Phi) is 4.81. The minimum absolute atomic E-state index is 0.0192. The fourth-order valence-corrected chi connectivity index (χ4v) is 4.07. The van der Waals surface area contributed by atoms with Gasteiger partial charge < -0.3 is 5.32 Å². The molecule has 2 heterocycles. The number of halogens is 1. The zero-order valence-electron chi connectivity index (χ0n) is 12.5. The number of hydrogen-bond donors (Lipinski definition) is 1. The molecule has 2 aromatic rings. The van der Waals surface area contributed by atoms with Gasteiger partial charge in [0.2, 0.25) is 5.91 Å². The van der Waals surface area contributed by atoms with Gasteiger partial charge in [-0.25, -0.2) is 0 Å². The van der Waals surface area contributed by atoms with E-state index in [9.17, 15) is 4.79 Å². The lowest BCUT2D eigenvalue weighted by Gasteiger charge is -2.29. The van der Waals surface area contributed by atoms with Gasteiger partial charge in [0, 0.05) is 21.6 Å². The van der Waals surface area contributed by atoms with Crippen molar-refractivity contribution < 1.29 is 4.79 Å². The summed E-state index contributed by atoms with van der Waals surface area (Å²) in [5.41, 5.74) is 0.747. The minimum atomic E-state index is -0.159. The summed E-state index contributed by atoms with van der Waals surface area (Å²) in [5.74, 6) is 0.0192. The van der Waals surface area contributed by atoms with Crippen LogP contribution in [0.25, 0.3) is 0 Å². The van der Waals surface area contributed by atoms with Crippen molar-refractivity contribution in [1.29, 1.82) is 0 Å². The highest BCUT2D eigenvalue weighted by atomic mass is 35.5. The van der Waals surface area contributed by atoms with Gasteiger partial charge in [-0.3, -0.25) is 9.69 Å². The van der Waals surface area contributed by atoms with Crippen LogP contribution in [0.2, 0.25) is 5.02 Å². The van der Waals surface area contributed by atoms with E-state index in [4.69, 9.17) is 11.6 Å². The van der Waals surface area contributed by atoms with Crippen LogP contribution in [0.4, 0.5) is 5.69 Å². The van der Waals surface area contributed by atoms with Gasteiger partial charge in [-0.05, 0) is 56.0 Å². The second-order valence-corrected chi connectivity index (χ2v) is 7.00. The van der Waals surface area contributed by atoms with E-state index in [0.717, 1.165) is 25.1 Å². The van der Waals surface area contributed by atoms with Crippen molar-refractivity contribution in [2.45, 2.75) is 31.8 Å². The van der Waals surface area contributed by atoms with Gasteiger partial charge in [0.1, 0.15) is 0 Å². The SMILES string of the molecule is C[C@H](C(=O)Nc1cccc(Cl)c1)N1CCC[C@@H]1c1cccs1. The fourth-order valence-electron chi connectivity index (χ4n) is 3.00. The summed E-state index contributed by atoms with van der Waals surface area (Å²) >= 11 is 7.73. The third-order valence-electron chi connectivity index (χ3n) is 4.13. The number of nitrogens with zero attached hydrogens (tertiary/aromatic N) is 1. The number of hydrogen-bond acceptors (Lipinski definition) is 3. The van der Waals surface area contributed by atoms with Crippen LogP contribution in [-0.4, -0.2) is 23.4 Å². The minimum Gasteiger partial charge on any atom is -0.325 e. The van der Waals surface area contributed by atoms with Crippen LogP contribution >= 0.6 is 22.9 Å². The molecular weight excluding hydrogens is 316 g/mol. The maximum atomic E-state index is 12.5. The molecule has 116 valence electrons. The van der Waals surface area contributed by atoms with Crippen LogP contribution in [0.5, 0.6) is 0 Å². The Labute approximate surface area is 139 Å². The molecule has 22 heavy (non-hydrogen) atoms. The molecule has 1 fully saturated rings. The first-order valence-corrected chi connectivity index (χ1v) is 8.76. The highest BCUT2D eigenvalue weighted by molar-refractivity contribution is 7.10. The maximum absolute atomic E-state index is 12.5. The third-order valence-corrected chi connectivity index (χ3v) is 5.34. The topological polar surface area (TPSA) is 32.3 Å². The van der Waals surface area contributed by atoms with Crippen LogP contribution in [0.1, 0.15) is 30.7 Å². The monoisotopic (exact) mass is 334 g/mol. The van der Waals surface area contributed by atoms with Gasteiger partial charge in [0.25, 0.3) is 0 Å². The Hall–Kier alpha value is -1.36. The number of amides is 1. The maximum Gasteiger partial charge on any atom is 0.241 e. The number of benzene rings is 1. The number of carbonyl (C=O) groups is 1. The molecule has 0 saturated carbocycles. The van der Waals surface area contributed by atoms with E-state index in [1.54, 1.807) is 23.5 Å². The van der Waals surface area contributed by atoms with E-state index in [1.165, 1.54) is 4.88 Å². The molecule has 0 spiro atoms. The molecule has 2 atom stereocenters. The van der Waals surface area contributed by atoms with Crippen LogP contribution in [-0.2, 0) is 4.79 Å². The van der Waals surface area contributed by atoms with Crippen molar-refractivity contribution >= 4 is 34.5 Å². The van der Waals surface area contributed by atoms with Crippen molar-refractivity contribution in [2.24, 2.45) is 0 Å². The summed E-state index contributed by atoms with van der Waals surface area (Å²) in [6, 6.07) is 11.7. The molecule has 1 aromatic heterocycles. The summed E-state index contributed by atoms with van der Waals surface area (Å²) in [7, 11) is 0. The molecule has 1 saturated heterocycles. The Bertz CT molecular complexity index is 644. The van der Waals surface area contributed by atoms with Crippen molar-refractivity contribution in [1.82, 2.24) is 4.90 Å². The highest BCUT2D eigenvalue weighted by Gasteiger charge is 2.33. The predicted molar refractivity (Wildman–Crippen MR) is 92.5 cm³/mol. The van der Waals surface area contributed by atoms with E-state index in [1.807, 2.05) is 19.1 Å². The standard InChI is InChI=1S/C17H19ClN2OS/c1-12(17(21)19-14-6-2-5-13(18)11-14)20-9-3-7-15(20)16-8-4-10-22-16/h2,4-6,8,10-12,15H,3,7,9H2,1H3,(H,19,21)/t12-,15-/m1/s1. The van der Waals surface area contributed by atoms with E-state index in [-0.39, 0.29) is 11.9 Å². The smallest absolute Gasteiger partial charge is 0.241 e. The Morgan fingerprint density at radius 1 is 1.41 bits per heavy atom. The fraction of sp³-hybridized carbons (Fsp3) is 0.353. The summed E-state index contributed by atoms with van der Waals surface area (Å²) in [6.45, 7) is 2.94. The Balaban J connectivity index is 1.70. The molecule has 1 aliphatic heterocycles. The normalized spacial score (nSPS) is 20.0. The summed E-state index contributed by atoms with van der Waals surface area (Å²) in [4.78, 5) is 16.2. The lowest BCUT2D eigenvalue weighted by molar-refractivity contribution is -0.121. The van der Waals surface area contributed by atoms with E-state index < -0.39 is 0 Å². The number of anilines is 1. The van der Waals surface area contributed by atoms with Crippen molar-refractivity contribution in [3.8, 4) is 0 Å². The summed E-state index contributed by atoms with van der Waals surface area (Å²) in [5, 5.41) is 5.69. The molecule has 0 unspecified atom stereocenters. The van der Waals surface area contributed by atoms with Gasteiger partial charge >= 0.3 is 0 Å². The molecule has 5 heteroatoms. The largest absolute Gasteiger partial charge is 0.325 e. The molecule has 0 radical (unpaired) electrons. The zero-order valence-corrected chi connectivity index (χ0v) is 14.0. The van der Waals surface area contributed by atoms with Crippen molar-refractivity contribution in [2.75, 3.05) is 11.9 Å². The highest BCUT2D eigenvalue weighted by Crippen LogP contribution is 2.36. The Morgan fingerprint density at radius 3 is 3.00 bits per heavy atom. The van der Waals surface area contributed by atoms with Gasteiger partial charge in [0.15, 0.2) is 0 Å². The van der Waals surface area contributed by atoms with Gasteiger partial charge in [-0.1, -0.05) is 23.7 Å². The number of carbonyl (C=O) groups excluding carboxylic acids is 1. The average Bonchev–Trinajstić information content (AvgIpc) is 3.17. The number of thiophene rings is 1. The second kappa shape index (κ2) is 6.82. The predicted octanol–water partition coefficient (Wildman–Crippen LogP) is 4.57. The first-order chi connectivity index (χ1) is 10.6. The van der Waals surface area contributed by atoms with Gasteiger partial charge in [-0.15, -0.1) is 11.3 Å². The van der Waals surface area contributed by atoms with E-state index >= 15 is 0 Å². The molecular formula is C17H19ClN2OS. The van der Waals surface area contributed by atoms with E-state index in [0.29, 0.717) is 11.1 Å². The third kappa shape index (κ3) is 3.35. The second-order valence-electron chi connectivity index (χ2n) is 5.59. The van der Waals surface area contributed by atoms with Crippen molar-refractivity contribution in [3.63, 3.8) is 0 Å². The summed E-state index contributed by atoms with van der Waals surface area (Å²) < 4.78 is 0. The first-order valence-electron chi connectivity index (χ1n) is 7.51. The van der Waals surface area contributed by atoms with Crippen molar-refractivity contribution in [3.05, 3.63) is 51.7 Å². The lowest BCUT2D eigenvalue weighted by Crippen LogP contribution is -2.41. The molecule has 1 aromatic carbocycles. The Morgan fingerprint density at radius 2 is 2.27 bits per heavy atom. The molecule has 3 rings (SSSR count). The molecule has 1 aliphatic rings. The van der Waals surface area contributed by atoms with Crippen LogP contribution in [0.15, 0.2) is 41.8 Å². The number of nitrogens with one attached hydrogen (secondary N) is 1. The lowest BCUT2D eigenvalue weighted by atomic mass is 10.1. The molecule has 1 N–H and O–H groups in total. The number of likely N-dealkylation sites (tertiary alicyclic amines) is 1. The van der Waals surface area contributed by atoms with Crippen LogP contribution in [0, 0.1) is 0 Å². The van der Waals surface area contributed by atoms with Gasteiger partial charge in [-0.2, -0.15) is 0 Å². The van der Waals surface area contributed by atoms with Crippen LogP contribution < -0.4 is 5.32 Å². The average molecular weight is 335 g/mol. The zero-order chi connectivity index (χ0) is 15.5. The first kappa shape index (κ1) is 15.5. The molecule has 0 aliphatic carbocycles. The number of rotatable bonds is 4. The molecule has 0 bridgehead atoms. The van der Waals surface area contributed by atoms with Gasteiger partial charge in [0.05, 0.1) is 6.04 Å². The van der Waals surface area contributed by atoms with Crippen LogP contribution in [0.3, 0.4) is 0 Å². The quantitative estimate of drug-likeness (QED) is 0.888. The molecule has 1 amide bonds. The molecule has 3 nitrogen and oxygen atoms in total. The summed E-state index contributed by atoms with van der Waals surface area (Å²) in [6.07, 6.45) is 2.26. The van der Waals surface area contributed by atoms with E-state index in [2.05, 4.69) is 27.7 Å².